The number of rotatable bonds is 4. The Morgan fingerprint density at radius 3 is 2.04 bits per heavy atom. The second kappa shape index (κ2) is 7.63. The van der Waals surface area contributed by atoms with Gasteiger partial charge in [-0.05, 0) is 24.0 Å². The summed E-state index contributed by atoms with van der Waals surface area (Å²) in [5.74, 6) is 0.0259. The molecule has 3 heteroatoms. The van der Waals surface area contributed by atoms with E-state index in [1.54, 1.807) is 0 Å². The van der Waals surface area contributed by atoms with E-state index in [-0.39, 0.29) is 17.8 Å². The van der Waals surface area contributed by atoms with Gasteiger partial charge in [0.1, 0.15) is 0 Å². The zero-order valence-electron chi connectivity index (χ0n) is 16.2. The lowest BCUT2D eigenvalue weighted by atomic mass is 9.89. The Hall–Kier alpha value is -2.13. The van der Waals surface area contributed by atoms with E-state index in [2.05, 4.69) is 74.2 Å². The van der Waals surface area contributed by atoms with Gasteiger partial charge in [0.05, 0.1) is 21.1 Å². The molecule has 3 rings (SSSR count). The Labute approximate surface area is 157 Å². The van der Waals surface area contributed by atoms with Gasteiger partial charge >= 0.3 is 5.97 Å². The van der Waals surface area contributed by atoms with Gasteiger partial charge in [-0.1, -0.05) is 91.1 Å². The van der Waals surface area contributed by atoms with E-state index in [1.807, 2.05) is 6.07 Å². The first-order valence-electron chi connectivity index (χ1n) is 9.32. The number of methoxy groups -OCH3 is 1. The highest BCUT2D eigenvalue weighted by Gasteiger charge is 2.40. The maximum atomic E-state index is 12.5. The number of carbonyl (C=O) groups is 1. The fraction of sp³-hybridized carbons (Fsp3) is 0.348. The molecule has 0 aliphatic heterocycles. The molecule has 1 fully saturated rings. The van der Waals surface area contributed by atoms with Crippen molar-refractivity contribution in [3.05, 3.63) is 77.4 Å². The molecule has 2 nitrogen and oxygen atoms in total. The molecule has 0 saturated heterocycles. The largest absolute Gasteiger partial charge is 0.469 e. The maximum Gasteiger partial charge on any atom is 0.309 e. The minimum atomic E-state index is -1.57. The highest BCUT2D eigenvalue weighted by atomic mass is 28.3. The number of esters is 1. The van der Waals surface area contributed by atoms with Crippen molar-refractivity contribution in [2.24, 2.45) is 5.92 Å². The fourth-order valence-electron chi connectivity index (χ4n) is 4.32. The van der Waals surface area contributed by atoms with Crippen LogP contribution in [0.1, 0.15) is 29.9 Å². The summed E-state index contributed by atoms with van der Waals surface area (Å²) in [7, 11) is -0.0674. The summed E-state index contributed by atoms with van der Waals surface area (Å²) in [6.07, 6.45) is 1.75. The molecular formula is C23H28O2Si. The van der Waals surface area contributed by atoms with Gasteiger partial charge in [-0.25, -0.2) is 0 Å². The van der Waals surface area contributed by atoms with Crippen molar-refractivity contribution in [2.75, 3.05) is 7.11 Å². The van der Waals surface area contributed by atoms with E-state index >= 15 is 0 Å². The van der Waals surface area contributed by atoms with Crippen molar-refractivity contribution in [1.29, 1.82) is 0 Å². The SMILES string of the molecule is COC(=O)C1C/C(=C(\c2ccccc2)[Si](C)(C)C)CC1c1ccccc1. The van der Waals surface area contributed by atoms with E-state index in [1.165, 1.54) is 29.0 Å². The van der Waals surface area contributed by atoms with Gasteiger partial charge < -0.3 is 4.74 Å². The van der Waals surface area contributed by atoms with E-state index < -0.39 is 8.07 Å². The summed E-state index contributed by atoms with van der Waals surface area (Å²) in [6, 6.07) is 21.1. The molecule has 0 amide bonds. The quantitative estimate of drug-likeness (QED) is 0.515. The van der Waals surface area contributed by atoms with Crippen molar-refractivity contribution in [3.8, 4) is 0 Å². The molecule has 0 heterocycles. The van der Waals surface area contributed by atoms with Crippen molar-refractivity contribution in [1.82, 2.24) is 0 Å². The Morgan fingerprint density at radius 2 is 1.50 bits per heavy atom. The van der Waals surface area contributed by atoms with Crippen LogP contribution >= 0.6 is 0 Å². The zero-order chi connectivity index (χ0) is 18.7. The predicted octanol–water partition coefficient (Wildman–Crippen LogP) is 5.68. The first-order valence-corrected chi connectivity index (χ1v) is 12.8. The highest BCUT2D eigenvalue weighted by Crippen LogP contribution is 2.47. The maximum absolute atomic E-state index is 12.5. The summed E-state index contributed by atoms with van der Waals surface area (Å²) >= 11 is 0. The van der Waals surface area contributed by atoms with Gasteiger partial charge in [0.25, 0.3) is 0 Å². The smallest absolute Gasteiger partial charge is 0.309 e. The summed E-state index contributed by atoms with van der Waals surface area (Å²) in [6.45, 7) is 7.18. The van der Waals surface area contributed by atoms with Gasteiger partial charge in [0.2, 0.25) is 0 Å². The fourth-order valence-corrected chi connectivity index (χ4v) is 6.62. The van der Waals surface area contributed by atoms with Gasteiger partial charge in [0, 0.05) is 5.92 Å². The van der Waals surface area contributed by atoms with Crippen molar-refractivity contribution < 1.29 is 9.53 Å². The van der Waals surface area contributed by atoms with Gasteiger partial charge in [0.15, 0.2) is 0 Å². The number of ether oxygens (including phenoxy) is 1. The van der Waals surface area contributed by atoms with Crippen LogP contribution in [0.2, 0.25) is 19.6 Å². The van der Waals surface area contributed by atoms with Crippen LogP contribution < -0.4 is 0 Å². The Kier molecular flexibility index (Phi) is 5.47. The van der Waals surface area contributed by atoms with Crippen LogP contribution in [0.5, 0.6) is 0 Å². The topological polar surface area (TPSA) is 26.3 Å². The van der Waals surface area contributed by atoms with E-state index in [0.29, 0.717) is 0 Å². The molecule has 0 N–H and O–H groups in total. The van der Waals surface area contributed by atoms with Crippen molar-refractivity contribution in [3.63, 3.8) is 0 Å². The lowest BCUT2D eigenvalue weighted by molar-refractivity contribution is -0.145. The summed E-state index contributed by atoms with van der Waals surface area (Å²) in [5.41, 5.74) is 4.00. The molecule has 0 bridgehead atoms. The molecule has 2 aromatic rings. The van der Waals surface area contributed by atoms with Crippen LogP contribution in [0.3, 0.4) is 0 Å². The molecule has 1 aliphatic carbocycles. The normalized spacial score (nSPS) is 22.2. The van der Waals surface area contributed by atoms with E-state index in [9.17, 15) is 4.79 Å². The van der Waals surface area contributed by atoms with E-state index in [4.69, 9.17) is 4.74 Å². The highest BCUT2D eigenvalue weighted by molar-refractivity contribution is 6.93. The molecule has 0 spiro atoms. The minimum Gasteiger partial charge on any atom is -0.469 e. The first kappa shape index (κ1) is 18.7. The average molecular weight is 365 g/mol. The number of carbonyl (C=O) groups excluding carboxylic acids is 1. The molecule has 1 saturated carbocycles. The Bertz CT molecular complexity index is 788. The molecular weight excluding hydrogens is 336 g/mol. The number of hydrogen-bond acceptors (Lipinski definition) is 2. The molecule has 0 aromatic heterocycles. The van der Waals surface area contributed by atoms with Gasteiger partial charge in [-0.2, -0.15) is 0 Å². The zero-order valence-corrected chi connectivity index (χ0v) is 17.2. The number of hydrogen-bond donors (Lipinski definition) is 0. The van der Waals surface area contributed by atoms with Crippen LogP contribution in [-0.2, 0) is 9.53 Å². The predicted molar refractivity (Wildman–Crippen MR) is 111 cm³/mol. The average Bonchev–Trinajstić information content (AvgIpc) is 3.06. The van der Waals surface area contributed by atoms with Gasteiger partial charge in [-0.15, -0.1) is 0 Å². The van der Waals surface area contributed by atoms with Crippen LogP contribution in [-0.4, -0.2) is 21.2 Å². The van der Waals surface area contributed by atoms with E-state index in [0.717, 1.165) is 12.8 Å². The summed E-state index contributed by atoms with van der Waals surface area (Å²) in [4.78, 5) is 12.5. The second-order valence-corrected chi connectivity index (χ2v) is 13.1. The second-order valence-electron chi connectivity index (χ2n) is 8.15. The molecule has 1 aliphatic rings. The van der Waals surface area contributed by atoms with Crippen LogP contribution in [0.4, 0.5) is 0 Å². The Morgan fingerprint density at radius 1 is 0.923 bits per heavy atom. The Balaban J connectivity index is 2.09. The molecule has 2 unspecified atom stereocenters. The van der Waals surface area contributed by atoms with Crippen molar-refractivity contribution >= 4 is 19.2 Å². The number of benzene rings is 2. The van der Waals surface area contributed by atoms with Crippen molar-refractivity contribution in [2.45, 2.75) is 38.4 Å². The van der Waals surface area contributed by atoms with Crippen LogP contribution in [0.15, 0.2) is 66.2 Å². The summed E-state index contributed by atoms with van der Waals surface area (Å²) in [5, 5.41) is 1.51. The first-order chi connectivity index (χ1) is 12.4. The lowest BCUT2D eigenvalue weighted by Gasteiger charge is -2.25. The summed E-state index contributed by atoms with van der Waals surface area (Å²) < 4.78 is 5.16. The molecule has 2 aromatic carbocycles. The standard InChI is InChI=1S/C23H28O2Si/c1-25-23(24)21-16-19(15-20(21)17-11-7-5-8-12-17)22(26(2,3)4)18-13-9-6-10-14-18/h5-14,20-21H,15-16H2,1-4H3/b22-19+. The molecule has 26 heavy (non-hydrogen) atoms. The van der Waals surface area contributed by atoms with Crippen LogP contribution in [0, 0.1) is 5.92 Å². The van der Waals surface area contributed by atoms with Crippen LogP contribution in [0.25, 0.3) is 5.20 Å². The third kappa shape index (κ3) is 3.83. The molecule has 136 valence electrons. The third-order valence-electron chi connectivity index (χ3n) is 5.32. The lowest BCUT2D eigenvalue weighted by Crippen LogP contribution is -2.24. The minimum absolute atomic E-state index is 0.0863. The monoisotopic (exact) mass is 364 g/mol. The third-order valence-corrected chi connectivity index (χ3v) is 7.46. The van der Waals surface area contributed by atoms with Gasteiger partial charge in [-0.3, -0.25) is 4.79 Å². The molecule has 2 atom stereocenters. The molecule has 0 radical (unpaired) electrons. The number of allylic oxidation sites excluding steroid dienone is 1.